The van der Waals surface area contributed by atoms with Crippen molar-refractivity contribution in [2.45, 2.75) is 20.8 Å². The lowest BCUT2D eigenvalue weighted by atomic mass is 10.0. The normalized spacial score (nSPS) is 15.4. The molecule has 5 heteroatoms. The molecule has 0 aromatic heterocycles. The van der Waals surface area contributed by atoms with Crippen LogP contribution in [0.5, 0.6) is 5.75 Å². The van der Waals surface area contributed by atoms with Crippen LogP contribution in [0.15, 0.2) is 65.4 Å². The molecule has 144 valence electrons. The molecule has 0 saturated carbocycles. The average molecular weight is 377 g/mol. The maximum absolute atomic E-state index is 13.2. The molecule has 0 unspecified atom stereocenters. The molecule has 1 aliphatic heterocycles. The Morgan fingerprint density at radius 3 is 2.25 bits per heavy atom. The van der Waals surface area contributed by atoms with Crippen LogP contribution in [-0.4, -0.2) is 25.6 Å². The van der Waals surface area contributed by atoms with E-state index in [9.17, 15) is 9.59 Å². The van der Waals surface area contributed by atoms with Crippen LogP contribution in [0.2, 0.25) is 0 Å². The lowest BCUT2D eigenvalue weighted by Gasteiger charge is -2.18. The second-order valence-corrected chi connectivity index (χ2v) is 6.49. The Balaban J connectivity index is 2.09. The first kappa shape index (κ1) is 19.4. The minimum absolute atomic E-state index is 0.240. The molecule has 28 heavy (non-hydrogen) atoms. The summed E-state index contributed by atoms with van der Waals surface area (Å²) >= 11 is 0. The fourth-order valence-corrected chi connectivity index (χ4v) is 3.15. The van der Waals surface area contributed by atoms with Crippen molar-refractivity contribution in [1.82, 2.24) is 0 Å². The first-order chi connectivity index (χ1) is 13.5. The van der Waals surface area contributed by atoms with Gasteiger partial charge in [-0.05, 0) is 56.7 Å². The number of aryl methyl sites for hydroxylation is 1. The Bertz CT molecular complexity index is 953. The van der Waals surface area contributed by atoms with E-state index in [4.69, 9.17) is 9.47 Å². The third-order valence-corrected chi connectivity index (χ3v) is 4.60. The zero-order valence-corrected chi connectivity index (χ0v) is 16.5. The summed E-state index contributed by atoms with van der Waals surface area (Å²) in [4.78, 5) is 27.4. The Morgan fingerprint density at radius 2 is 1.68 bits per heavy atom. The van der Waals surface area contributed by atoms with Gasteiger partial charge in [0, 0.05) is 11.4 Å². The van der Waals surface area contributed by atoms with Crippen molar-refractivity contribution in [3.05, 3.63) is 76.5 Å². The molecule has 5 nitrogen and oxygen atoms in total. The van der Waals surface area contributed by atoms with Crippen LogP contribution < -0.4 is 9.64 Å². The van der Waals surface area contributed by atoms with Crippen LogP contribution in [0, 0.1) is 6.92 Å². The van der Waals surface area contributed by atoms with Gasteiger partial charge in [-0.3, -0.25) is 9.69 Å². The number of nitrogens with zero attached hydrogens (tertiary/aromatic N) is 1. The van der Waals surface area contributed by atoms with E-state index in [2.05, 4.69) is 0 Å². The summed E-state index contributed by atoms with van der Waals surface area (Å²) in [7, 11) is 1.59. The largest absolute Gasteiger partial charge is 0.497 e. The van der Waals surface area contributed by atoms with Gasteiger partial charge in [-0.2, -0.15) is 0 Å². The molecule has 3 rings (SSSR count). The van der Waals surface area contributed by atoms with E-state index in [-0.39, 0.29) is 12.5 Å². The van der Waals surface area contributed by atoms with Crippen LogP contribution >= 0.6 is 0 Å². The second kappa shape index (κ2) is 8.13. The molecule has 0 N–H and O–H groups in total. The molecular weight excluding hydrogens is 354 g/mol. The van der Waals surface area contributed by atoms with Crippen LogP contribution in [0.1, 0.15) is 25.0 Å². The lowest BCUT2D eigenvalue weighted by Crippen LogP contribution is -2.24. The highest BCUT2D eigenvalue weighted by Crippen LogP contribution is 2.36. The van der Waals surface area contributed by atoms with E-state index < -0.39 is 5.97 Å². The van der Waals surface area contributed by atoms with Gasteiger partial charge >= 0.3 is 5.97 Å². The van der Waals surface area contributed by atoms with Crippen LogP contribution in [-0.2, 0) is 14.3 Å². The summed E-state index contributed by atoms with van der Waals surface area (Å²) in [5.41, 5.74) is 3.81. The second-order valence-electron chi connectivity index (χ2n) is 6.49. The van der Waals surface area contributed by atoms with Crippen molar-refractivity contribution in [2.24, 2.45) is 0 Å². The van der Waals surface area contributed by atoms with Crippen molar-refractivity contribution < 1.29 is 19.1 Å². The van der Waals surface area contributed by atoms with E-state index in [1.807, 2.05) is 31.2 Å². The van der Waals surface area contributed by atoms with Crippen LogP contribution in [0.3, 0.4) is 0 Å². The van der Waals surface area contributed by atoms with E-state index in [1.54, 1.807) is 51.3 Å². The Morgan fingerprint density at radius 1 is 1.04 bits per heavy atom. The van der Waals surface area contributed by atoms with Crippen LogP contribution in [0.25, 0.3) is 6.08 Å². The summed E-state index contributed by atoms with van der Waals surface area (Å²) in [6.07, 6.45) is 1.74. The smallest absolute Gasteiger partial charge is 0.340 e. The molecule has 0 atom stereocenters. The summed E-state index contributed by atoms with van der Waals surface area (Å²) < 4.78 is 10.4. The van der Waals surface area contributed by atoms with Gasteiger partial charge in [-0.1, -0.05) is 29.8 Å². The van der Waals surface area contributed by atoms with Gasteiger partial charge in [-0.15, -0.1) is 0 Å². The highest BCUT2D eigenvalue weighted by Gasteiger charge is 2.38. The first-order valence-electron chi connectivity index (χ1n) is 9.11. The minimum Gasteiger partial charge on any atom is -0.497 e. The van der Waals surface area contributed by atoms with Gasteiger partial charge in [-0.25, -0.2) is 4.79 Å². The Hall–Kier alpha value is -3.34. The third kappa shape index (κ3) is 3.69. The SMILES string of the molecule is CCOC(=O)C1=C(C)N(c2ccc(OC)cc2)C(=O)C1=Cc1ccc(C)cc1. The molecule has 2 aromatic carbocycles. The van der Waals surface area contributed by atoms with Gasteiger partial charge in [0.2, 0.25) is 0 Å². The maximum Gasteiger partial charge on any atom is 0.340 e. The highest BCUT2D eigenvalue weighted by atomic mass is 16.5. The van der Waals surface area contributed by atoms with Gasteiger partial charge in [0.25, 0.3) is 5.91 Å². The van der Waals surface area contributed by atoms with Gasteiger partial charge < -0.3 is 9.47 Å². The van der Waals surface area contributed by atoms with Gasteiger partial charge in [0.1, 0.15) is 5.75 Å². The zero-order valence-electron chi connectivity index (χ0n) is 16.5. The van der Waals surface area contributed by atoms with Crippen LogP contribution in [0.4, 0.5) is 5.69 Å². The first-order valence-corrected chi connectivity index (χ1v) is 9.11. The molecule has 0 spiro atoms. The van der Waals surface area contributed by atoms with E-state index in [0.717, 1.165) is 11.1 Å². The molecule has 0 bridgehead atoms. The number of carbonyl (C=O) groups excluding carboxylic acids is 2. The van der Waals surface area contributed by atoms with Crippen molar-refractivity contribution in [2.75, 3.05) is 18.6 Å². The summed E-state index contributed by atoms with van der Waals surface area (Å²) in [5, 5.41) is 0. The number of methoxy groups -OCH3 is 1. The molecule has 0 radical (unpaired) electrons. The number of rotatable bonds is 5. The van der Waals surface area contributed by atoms with Crippen molar-refractivity contribution in [1.29, 1.82) is 0 Å². The number of ether oxygens (including phenoxy) is 2. The van der Waals surface area contributed by atoms with E-state index in [1.165, 1.54) is 4.90 Å². The fraction of sp³-hybridized carbons (Fsp3) is 0.217. The number of anilines is 1. The molecule has 0 aliphatic carbocycles. The van der Waals surface area contributed by atoms with Crippen molar-refractivity contribution >= 4 is 23.6 Å². The van der Waals surface area contributed by atoms with Gasteiger partial charge in [0.05, 0.1) is 24.9 Å². The molecule has 2 aromatic rings. The number of esters is 1. The van der Waals surface area contributed by atoms with E-state index >= 15 is 0 Å². The summed E-state index contributed by atoms with van der Waals surface area (Å²) in [6, 6.07) is 14.9. The quantitative estimate of drug-likeness (QED) is 0.577. The number of hydrogen-bond donors (Lipinski definition) is 0. The van der Waals surface area contributed by atoms with Crippen molar-refractivity contribution in [3.63, 3.8) is 0 Å². The minimum atomic E-state index is -0.497. The summed E-state index contributed by atoms with van der Waals surface area (Å²) in [6.45, 7) is 5.74. The monoisotopic (exact) mass is 377 g/mol. The molecule has 1 heterocycles. The predicted octanol–water partition coefficient (Wildman–Crippen LogP) is 4.27. The number of allylic oxidation sites excluding steroid dienone is 1. The Kier molecular flexibility index (Phi) is 5.64. The van der Waals surface area contributed by atoms with Crippen molar-refractivity contribution in [3.8, 4) is 5.75 Å². The Labute approximate surface area is 164 Å². The molecular formula is C23H23NO4. The van der Waals surface area contributed by atoms with E-state index in [0.29, 0.717) is 28.3 Å². The predicted molar refractivity (Wildman–Crippen MR) is 109 cm³/mol. The number of benzene rings is 2. The summed E-state index contributed by atoms with van der Waals surface area (Å²) in [5.74, 6) is -0.0629. The number of amides is 1. The number of carbonyl (C=O) groups is 2. The zero-order chi connectivity index (χ0) is 20.3. The maximum atomic E-state index is 13.2. The fourth-order valence-electron chi connectivity index (χ4n) is 3.15. The molecule has 0 saturated heterocycles. The standard InChI is InChI=1S/C23H23NO4/c1-5-28-23(26)21-16(3)24(18-10-12-19(27-4)13-11-18)22(25)20(21)14-17-8-6-15(2)7-9-17/h6-14H,5H2,1-4H3. The molecule has 1 aliphatic rings. The average Bonchev–Trinajstić information content (AvgIpc) is 2.93. The molecule has 1 amide bonds. The highest BCUT2D eigenvalue weighted by molar-refractivity contribution is 6.23. The topological polar surface area (TPSA) is 55.8 Å². The van der Waals surface area contributed by atoms with Gasteiger partial charge in [0.15, 0.2) is 0 Å². The lowest BCUT2D eigenvalue weighted by molar-refractivity contribution is -0.138. The molecule has 0 fully saturated rings. The third-order valence-electron chi connectivity index (χ3n) is 4.60. The number of hydrogen-bond acceptors (Lipinski definition) is 4.